The van der Waals surface area contributed by atoms with Crippen molar-refractivity contribution in [2.45, 2.75) is 20.4 Å². The summed E-state index contributed by atoms with van der Waals surface area (Å²) < 4.78 is 13.1. The second kappa shape index (κ2) is 5.84. The first-order valence-corrected chi connectivity index (χ1v) is 8.37. The maximum Gasteiger partial charge on any atom is 0.163 e. The first-order valence-electron chi connectivity index (χ1n) is 8.37. The molecule has 1 N–H and O–H groups in total. The standard InChI is InChI=1S/C20H21N3O2/c1-5-23-12(2)19(13-8-6-7-9-16(13)23)20-21-14-10-17(24-3)18(25-4)11-15(14)22-20/h6-11H,5H2,1-4H3,(H,21,22). The van der Waals surface area contributed by atoms with Crippen molar-refractivity contribution >= 4 is 21.9 Å². The van der Waals surface area contributed by atoms with Gasteiger partial charge in [-0.25, -0.2) is 4.98 Å². The summed E-state index contributed by atoms with van der Waals surface area (Å²) >= 11 is 0. The van der Waals surface area contributed by atoms with Crippen molar-refractivity contribution in [1.29, 1.82) is 0 Å². The minimum Gasteiger partial charge on any atom is -0.493 e. The predicted octanol–water partition coefficient (Wildman–Crippen LogP) is 4.53. The van der Waals surface area contributed by atoms with Gasteiger partial charge < -0.3 is 19.0 Å². The molecular formula is C20H21N3O2. The number of nitrogens with one attached hydrogen (secondary N) is 1. The molecule has 2 aromatic heterocycles. The lowest BCUT2D eigenvalue weighted by Crippen LogP contribution is -1.96. The van der Waals surface area contributed by atoms with Crippen LogP contribution in [0, 0.1) is 6.92 Å². The minimum absolute atomic E-state index is 0.681. The van der Waals surface area contributed by atoms with Crippen LogP contribution in [0.3, 0.4) is 0 Å². The van der Waals surface area contributed by atoms with Crippen LogP contribution in [0.1, 0.15) is 12.6 Å². The summed E-state index contributed by atoms with van der Waals surface area (Å²) in [6.07, 6.45) is 0. The van der Waals surface area contributed by atoms with Gasteiger partial charge in [0.2, 0.25) is 0 Å². The van der Waals surface area contributed by atoms with Crippen LogP contribution in [-0.4, -0.2) is 28.8 Å². The molecule has 5 heteroatoms. The lowest BCUT2D eigenvalue weighted by atomic mass is 10.1. The van der Waals surface area contributed by atoms with Gasteiger partial charge in [-0.15, -0.1) is 0 Å². The Kier molecular flexibility index (Phi) is 3.64. The van der Waals surface area contributed by atoms with Crippen LogP contribution in [-0.2, 0) is 6.54 Å². The number of hydrogen-bond donors (Lipinski definition) is 1. The number of para-hydroxylation sites is 1. The summed E-state index contributed by atoms with van der Waals surface area (Å²) in [4.78, 5) is 8.27. The Morgan fingerprint density at radius 3 is 2.52 bits per heavy atom. The fourth-order valence-corrected chi connectivity index (χ4v) is 3.59. The Morgan fingerprint density at radius 2 is 1.80 bits per heavy atom. The van der Waals surface area contributed by atoms with Crippen molar-refractivity contribution in [3.05, 3.63) is 42.1 Å². The van der Waals surface area contributed by atoms with Crippen LogP contribution in [0.25, 0.3) is 33.3 Å². The molecule has 4 rings (SSSR count). The molecule has 0 amide bonds. The monoisotopic (exact) mass is 335 g/mol. The fourth-order valence-electron chi connectivity index (χ4n) is 3.59. The van der Waals surface area contributed by atoms with Gasteiger partial charge >= 0.3 is 0 Å². The van der Waals surface area contributed by atoms with Gasteiger partial charge in [-0.2, -0.15) is 0 Å². The highest BCUT2D eigenvalue weighted by atomic mass is 16.5. The zero-order valence-electron chi connectivity index (χ0n) is 14.9. The number of aromatic amines is 1. The Hall–Kier alpha value is -2.95. The van der Waals surface area contributed by atoms with E-state index < -0.39 is 0 Å². The molecule has 0 atom stereocenters. The number of benzene rings is 2. The van der Waals surface area contributed by atoms with Gasteiger partial charge in [-0.1, -0.05) is 18.2 Å². The Morgan fingerprint density at radius 1 is 1.08 bits per heavy atom. The maximum atomic E-state index is 5.40. The normalized spacial score (nSPS) is 11.4. The molecule has 0 bridgehead atoms. The van der Waals surface area contributed by atoms with Crippen molar-refractivity contribution in [1.82, 2.24) is 14.5 Å². The van der Waals surface area contributed by atoms with Crippen LogP contribution < -0.4 is 9.47 Å². The quantitative estimate of drug-likeness (QED) is 0.596. The Labute approximate surface area is 146 Å². The molecule has 0 fully saturated rings. The zero-order chi connectivity index (χ0) is 17.6. The van der Waals surface area contributed by atoms with Crippen molar-refractivity contribution in [2.75, 3.05) is 14.2 Å². The first kappa shape index (κ1) is 15.6. The number of aryl methyl sites for hydroxylation is 1. The van der Waals surface area contributed by atoms with Crippen LogP contribution in [0.2, 0.25) is 0 Å². The van der Waals surface area contributed by atoms with Crippen LogP contribution >= 0.6 is 0 Å². The largest absolute Gasteiger partial charge is 0.493 e. The van der Waals surface area contributed by atoms with Gasteiger partial charge in [0.25, 0.3) is 0 Å². The molecule has 2 heterocycles. The third-order valence-corrected chi connectivity index (χ3v) is 4.77. The number of hydrogen-bond acceptors (Lipinski definition) is 3. The van der Waals surface area contributed by atoms with E-state index in [0.29, 0.717) is 11.5 Å². The van der Waals surface area contributed by atoms with Gasteiger partial charge in [-0.3, -0.25) is 0 Å². The van der Waals surface area contributed by atoms with E-state index in [1.165, 1.54) is 16.6 Å². The molecule has 0 unspecified atom stereocenters. The molecule has 0 spiro atoms. The van der Waals surface area contributed by atoms with E-state index in [2.05, 4.69) is 47.7 Å². The molecule has 2 aromatic carbocycles. The average molecular weight is 335 g/mol. The summed E-state index contributed by atoms with van der Waals surface area (Å²) in [7, 11) is 3.27. The van der Waals surface area contributed by atoms with Crippen molar-refractivity contribution in [3.8, 4) is 22.9 Å². The molecule has 128 valence electrons. The lowest BCUT2D eigenvalue weighted by molar-refractivity contribution is 0.356. The number of H-pyrrole nitrogens is 1. The molecule has 0 aliphatic carbocycles. The number of ether oxygens (including phenoxy) is 2. The van der Waals surface area contributed by atoms with E-state index in [0.717, 1.165) is 29.0 Å². The van der Waals surface area contributed by atoms with Crippen LogP contribution in [0.5, 0.6) is 11.5 Å². The summed E-state index contributed by atoms with van der Waals surface area (Å²) in [6.45, 7) is 5.24. The van der Waals surface area contributed by atoms with E-state index in [-0.39, 0.29) is 0 Å². The van der Waals surface area contributed by atoms with Crippen molar-refractivity contribution in [3.63, 3.8) is 0 Å². The molecule has 25 heavy (non-hydrogen) atoms. The van der Waals surface area contributed by atoms with Crippen molar-refractivity contribution in [2.24, 2.45) is 0 Å². The third kappa shape index (κ3) is 2.27. The number of imidazole rings is 1. The molecule has 0 saturated carbocycles. The highest BCUT2D eigenvalue weighted by Crippen LogP contribution is 2.36. The molecule has 4 aromatic rings. The first-order chi connectivity index (χ1) is 12.2. The third-order valence-electron chi connectivity index (χ3n) is 4.77. The summed E-state index contributed by atoms with van der Waals surface area (Å²) in [5.74, 6) is 2.24. The Bertz CT molecular complexity index is 1030. The molecular weight excluding hydrogens is 314 g/mol. The summed E-state index contributed by atoms with van der Waals surface area (Å²) in [6, 6.07) is 12.3. The van der Waals surface area contributed by atoms with E-state index in [1.807, 2.05) is 12.1 Å². The van der Waals surface area contributed by atoms with E-state index >= 15 is 0 Å². The molecule has 5 nitrogen and oxygen atoms in total. The molecule has 0 aliphatic heterocycles. The topological polar surface area (TPSA) is 52.1 Å². The highest BCUT2D eigenvalue weighted by molar-refractivity contribution is 5.98. The van der Waals surface area contributed by atoms with Gasteiger partial charge in [0.1, 0.15) is 5.82 Å². The molecule has 0 aliphatic rings. The van der Waals surface area contributed by atoms with Crippen molar-refractivity contribution < 1.29 is 9.47 Å². The number of methoxy groups -OCH3 is 2. The number of aromatic nitrogens is 3. The van der Waals surface area contributed by atoms with Gasteiger partial charge in [-0.05, 0) is 19.9 Å². The molecule has 0 radical (unpaired) electrons. The summed E-state index contributed by atoms with van der Waals surface area (Å²) in [5.41, 5.74) is 5.38. The molecule has 0 saturated heterocycles. The second-order valence-electron chi connectivity index (χ2n) is 6.03. The van der Waals surface area contributed by atoms with E-state index in [1.54, 1.807) is 14.2 Å². The van der Waals surface area contributed by atoms with Gasteiger partial charge in [0.15, 0.2) is 11.5 Å². The van der Waals surface area contributed by atoms with Gasteiger partial charge in [0.05, 0.1) is 25.3 Å². The fraction of sp³-hybridized carbons (Fsp3) is 0.250. The minimum atomic E-state index is 0.681. The van der Waals surface area contributed by atoms with Crippen LogP contribution in [0.4, 0.5) is 0 Å². The number of rotatable bonds is 4. The smallest absolute Gasteiger partial charge is 0.163 e. The number of nitrogens with zero attached hydrogens (tertiary/aromatic N) is 2. The van der Waals surface area contributed by atoms with E-state index in [4.69, 9.17) is 14.5 Å². The summed E-state index contributed by atoms with van der Waals surface area (Å²) in [5, 5.41) is 1.21. The zero-order valence-corrected chi connectivity index (χ0v) is 14.9. The number of fused-ring (bicyclic) bond motifs is 2. The second-order valence-corrected chi connectivity index (χ2v) is 6.03. The lowest BCUT2D eigenvalue weighted by Gasteiger charge is -2.06. The van der Waals surface area contributed by atoms with Gasteiger partial charge in [0, 0.05) is 40.8 Å². The van der Waals surface area contributed by atoms with E-state index in [9.17, 15) is 0 Å². The maximum absolute atomic E-state index is 5.40. The SMILES string of the molecule is CCn1c(C)c(-c2nc3cc(OC)c(OC)cc3[nH]2)c2ccccc21. The average Bonchev–Trinajstić information content (AvgIpc) is 3.16. The highest BCUT2D eigenvalue weighted by Gasteiger charge is 2.18. The Balaban J connectivity index is 1.99. The van der Waals surface area contributed by atoms with Crippen LogP contribution in [0.15, 0.2) is 36.4 Å². The predicted molar refractivity (Wildman–Crippen MR) is 101 cm³/mol.